The minimum Gasteiger partial charge on any atom is -0.404 e. The van der Waals surface area contributed by atoms with Crippen molar-refractivity contribution in [2.24, 2.45) is 11.5 Å². The van der Waals surface area contributed by atoms with E-state index >= 15 is 0 Å². The smallest absolute Gasteiger partial charge is 0.0911 e. The Kier molecular flexibility index (Phi) is 5.30. The maximum absolute atomic E-state index is 5.96. The Hall–Kier alpha value is -0.530. The van der Waals surface area contributed by atoms with Crippen molar-refractivity contribution in [3.05, 3.63) is 34.7 Å². The van der Waals surface area contributed by atoms with Gasteiger partial charge in [0, 0.05) is 46.9 Å². The van der Waals surface area contributed by atoms with Crippen LogP contribution in [-0.2, 0) is 0 Å². The highest BCUT2D eigenvalue weighted by Gasteiger charge is 2.16. The van der Waals surface area contributed by atoms with Gasteiger partial charge in [-0.3, -0.25) is 0 Å². The summed E-state index contributed by atoms with van der Waals surface area (Å²) >= 11 is 2.04. The number of halogens is 1. The molecule has 90 valence electrons. The molecule has 0 spiro atoms. The molecule has 1 rings (SSSR count). The zero-order valence-corrected chi connectivity index (χ0v) is 11.8. The third-order valence-corrected chi connectivity index (χ3v) is 3.39. The summed E-state index contributed by atoms with van der Waals surface area (Å²) in [5.41, 5.74) is 16.2. The molecule has 0 aromatic rings. The van der Waals surface area contributed by atoms with Gasteiger partial charge in [-0.2, -0.15) is 0 Å². The Morgan fingerprint density at radius 1 is 1.62 bits per heavy atom. The summed E-state index contributed by atoms with van der Waals surface area (Å²) in [5.74, 6) is 0. The monoisotopic (exact) mass is 334 g/mol. The molecule has 1 aliphatic heterocycles. The molecule has 0 aromatic heterocycles. The molecule has 0 saturated heterocycles. The van der Waals surface area contributed by atoms with Crippen LogP contribution in [0, 0.1) is 0 Å². The molecular weight excluding hydrogens is 315 g/mol. The fraction of sp³-hybridized carbons (Fsp3) is 0.455. The van der Waals surface area contributed by atoms with E-state index in [0.29, 0.717) is 0 Å². The molecule has 1 atom stereocenters. The Morgan fingerprint density at radius 2 is 2.31 bits per heavy atom. The van der Waals surface area contributed by atoms with E-state index in [9.17, 15) is 0 Å². The molecule has 4 nitrogen and oxygen atoms in total. The van der Waals surface area contributed by atoms with Crippen molar-refractivity contribution in [1.82, 2.24) is 8.85 Å². The van der Waals surface area contributed by atoms with Crippen molar-refractivity contribution < 1.29 is 0 Å². The molecule has 0 aliphatic carbocycles. The first-order valence-corrected chi connectivity index (χ1v) is 6.31. The van der Waals surface area contributed by atoms with Crippen LogP contribution in [0.1, 0.15) is 20.3 Å². The summed E-state index contributed by atoms with van der Waals surface area (Å²) in [5, 5.41) is 3.37. The van der Waals surface area contributed by atoms with Crippen molar-refractivity contribution in [1.29, 1.82) is 0 Å². The molecule has 0 radical (unpaired) electrons. The number of rotatable bonds is 3. The van der Waals surface area contributed by atoms with Crippen LogP contribution in [0.2, 0.25) is 0 Å². The predicted octanol–water partition coefficient (Wildman–Crippen LogP) is 1.27. The summed E-state index contributed by atoms with van der Waals surface area (Å²) < 4.78 is 2.98. The van der Waals surface area contributed by atoms with E-state index in [-0.39, 0.29) is 6.17 Å². The van der Waals surface area contributed by atoms with Crippen molar-refractivity contribution in [2.75, 3.05) is 6.54 Å². The van der Waals surface area contributed by atoms with Crippen LogP contribution in [0.3, 0.4) is 0 Å². The first-order chi connectivity index (χ1) is 7.60. The molecular formula is C11H19IN4. The lowest BCUT2D eigenvalue weighted by atomic mass is 9.99. The van der Waals surface area contributed by atoms with Gasteiger partial charge in [-0.1, -0.05) is 11.6 Å². The summed E-state index contributed by atoms with van der Waals surface area (Å²) in [7, 11) is 0. The zero-order valence-electron chi connectivity index (χ0n) is 9.68. The normalized spacial score (nSPS) is 20.0. The Labute approximate surface area is 111 Å². The second kappa shape index (κ2) is 6.27. The predicted molar refractivity (Wildman–Crippen MR) is 76.5 cm³/mol. The summed E-state index contributed by atoms with van der Waals surface area (Å²) in [6.07, 6.45) is 4.44. The summed E-state index contributed by atoms with van der Waals surface area (Å²) in [6.45, 7) is 5.07. The van der Waals surface area contributed by atoms with Crippen LogP contribution in [0.15, 0.2) is 34.7 Å². The third-order valence-electron chi connectivity index (χ3n) is 2.72. The Morgan fingerprint density at radius 3 is 2.88 bits per heavy atom. The molecule has 16 heavy (non-hydrogen) atoms. The Bertz CT molecular complexity index is 344. The quantitative estimate of drug-likeness (QED) is 0.271. The van der Waals surface area contributed by atoms with Crippen LogP contribution >= 0.6 is 22.9 Å². The van der Waals surface area contributed by atoms with Gasteiger partial charge in [0.1, 0.15) is 0 Å². The third kappa shape index (κ3) is 3.23. The largest absolute Gasteiger partial charge is 0.404 e. The zero-order chi connectivity index (χ0) is 12.1. The topological polar surface area (TPSA) is 76.1 Å². The molecule has 0 bridgehead atoms. The lowest BCUT2D eigenvalue weighted by Gasteiger charge is -2.18. The minimum absolute atomic E-state index is 0.232. The van der Waals surface area contributed by atoms with Crippen LogP contribution in [0.4, 0.5) is 0 Å². The first kappa shape index (κ1) is 13.5. The fourth-order valence-electron chi connectivity index (χ4n) is 1.67. The van der Waals surface area contributed by atoms with E-state index in [4.69, 9.17) is 11.5 Å². The number of nitrogens with one attached hydrogen (secondary N) is 2. The highest BCUT2D eigenvalue weighted by atomic mass is 127. The highest BCUT2D eigenvalue weighted by Crippen LogP contribution is 2.22. The molecule has 0 saturated carbocycles. The fourth-order valence-corrected chi connectivity index (χ4v) is 2.00. The molecule has 1 aliphatic rings. The van der Waals surface area contributed by atoms with Crippen molar-refractivity contribution in [3.63, 3.8) is 0 Å². The molecule has 6 N–H and O–H groups in total. The van der Waals surface area contributed by atoms with E-state index < -0.39 is 0 Å². The van der Waals surface area contributed by atoms with Gasteiger partial charge in [-0.15, -0.1) is 0 Å². The molecule has 0 amide bonds. The maximum Gasteiger partial charge on any atom is 0.0911 e. The first-order valence-electron chi connectivity index (χ1n) is 5.23. The van der Waals surface area contributed by atoms with Gasteiger partial charge in [0.2, 0.25) is 0 Å². The lowest BCUT2D eigenvalue weighted by molar-refractivity contribution is 0.768. The van der Waals surface area contributed by atoms with Crippen molar-refractivity contribution >= 4 is 22.9 Å². The standard InChI is InChI=1S/C11H19IN4/c1-7-3-4-9(8(2)15-6-7)10(5-13)11(14)16-12/h3,5,11,15-16H,4,6,13-14H2,1-2H3/b10-5+/t11-/m1/s1. The highest BCUT2D eigenvalue weighted by molar-refractivity contribution is 14.1. The molecule has 0 aromatic carbocycles. The average Bonchev–Trinajstić information content (AvgIpc) is 2.44. The van der Waals surface area contributed by atoms with Crippen molar-refractivity contribution in [3.8, 4) is 0 Å². The molecule has 0 fully saturated rings. The lowest BCUT2D eigenvalue weighted by Crippen LogP contribution is -2.34. The summed E-state index contributed by atoms with van der Waals surface area (Å²) in [4.78, 5) is 0. The van der Waals surface area contributed by atoms with E-state index in [1.807, 2.05) is 22.9 Å². The van der Waals surface area contributed by atoms with Crippen molar-refractivity contribution in [2.45, 2.75) is 26.4 Å². The number of allylic oxidation sites excluding steroid dienone is 2. The minimum atomic E-state index is -0.232. The van der Waals surface area contributed by atoms with Gasteiger partial charge in [-0.25, -0.2) is 3.53 Å². The van der Waals surface area contributed by atoms with Crippen LogP contribution < -0.4 is 20.3 Å². The van der Waals surface area contributed by atoms with Gasteiger partial charge < -0.3 is 16.8 Å². The molecule has 1 heterocycles. The summed E-state index contributed by atoms with van der Waals surface area (Å²) in [6, 6.07) is 0. The second-order valence-electron chi connectivity index (χ2n) is 3.92. The maximum atomic E-state index is 5.96. The average molecular weight is 334 g/mol. The molecule has 5 heteroatoms. The molecule has 0 unspecified atom stereocenters. The number of nitrogens with two attached hydrogens (primary N) is 2. The van der Waals surface area contributed by atoms with Gasteiger partial charge in [0.05, 0.1) is 6.17 Å². The Balaban J connectivity index is 2.99. The van der Waals surface area contributed by atoms with Crippen LogP contribution in [0.5, 0.6) is 0 Å². The van der Waals surface area contributed by atoms with Gasteiger partial charge in [0.15, 0.2) is 0 Å². The second-order valence-corrected chi connectivity index (χ2v) is 4.54. The van der Waals surface area contributed by atoms with E-state index in [1.165, 1.54) is 11.1 Å². The van der Waals surface area contributed by atoms with E-state index in [1.54, 1.807) is 6.20 Å². The SMILES string of the molecule is CC1=CCC(/C(=C\N)[C@H](N)NI)=C(C)NC1. The van der Waals surface area contributed by atoms with Crippen LogP contribution in [0.25, 0.3) is 0 Å². The van der Waals surface area contributed by atoms with Gasteiger partial charge >= 0.3 is 0 Å². The van der Waals surface area contributed by atoms with Gasteiger partial charge in [-0.05, 0) is 25.8 Å². The van der Waals surface area contributed by atoms with E-state index in [2.05, 4.69) is 28.8 Å². The van der Waals surface area contributed by atoms with Crippen LogP contribution in [-0.4, -0.2) is 12.7 Å². The van der Waals surface area contributed by atoms with E-state index in [0.717, 1.165) is 24.2 Å². The van der Waals surface area contributed by atoms with Gasteiger partial charge in [0.25, 0.3) is 0 Å². The number of hydrogen-bond acceptors (Lipinski definition) is 4. The number of hydrogen-bond donors (Lipinski definition) is 4.